The Morgan fingerprint density at radius 1 is 1.32 bits per heavy atom. The highest BCUT2D eigenvalue weighted by Gasteiger charge is 2.30. The molecule has 1 aromatic heterocycles. The van der Waals surface area contributed by atoms with E-state index in [-0.39, 0.29) is 5.76 Å². The van der Waals surface area contributed by atoms with Gasteiger partial charge in [-0.2, -0.15) is 0 Å². The van der Waals surface area contributed by atoms with Crippen LogP contribution in [0, 0.1) is 0 Å². The molecule has 19 heavy (non-hydrogen) atoms. The van der Waals surface area contributed by atoms with Gasteiger partial charge in [0.1, 0.15) is 11.3 Å². The number of hydrogen-bond donors (Lipinski definition) is 2. The number of hydrogen-bond acceptors (Lipinski definition) is 5. The summed E-state index contributed by atoms with van der Waals surface area (Å²) in [7, 11) is 0. The number of carboxylic acids is 1. The Bertz CT molecular complexity index is 485. The average molecular weight is 270 g/mol. The topological polar surface area (TPSA) is 102 Å². The zero-order valence-corrected chi connectivity index (χ0v) is 11.6. The number of carboxylic acid groups (broad SMARTS) is 1. The second-order valence-corrected chi connectivity index (χ2v) is 5.63. The molecule has 1 aromatic rings. The molecule has 0 fully saturated rings. The molecular weight excluding hydrogens is 252 g/mol. The largest absolute Gasteiger partial charge is 0.475 e. The molecule has 1 rings (SSSR count). The first-order valence-electron chi connectivity index (χ1n) is 5.73. The number of aromatic carboxylic acids is 1. The van der Waals surface area contributed by atoms with Crippen molar-refractivity contribution in [1.29, 1.82) is 0 Å². The van der Waals surface area contributed by atoms with Gasteiger partial charge in [-0.05, 0) is 34.6 Å². The number of carbonyl (C=O) groups excluding carboxylic acids is 1. The highest BCUT2D eigenvalue weighted by atomic mass is 16.6. The zero-order valence-electron chi connectivity index (χ0n) is 11.6. The Hall–Kier alpha value is -2.05. The maximum atomic E-state index is 11.7. The second kappa shape index (κ2) is 4.91. The number of amides is 1. The van der Waals surface area contributed by atoms with Crippen molar-refractivity contribution in [1.82, 2.24) is 10.5 Å². The van der Waals surface area contributed by atoms with E-state index >= 15 is 0 Å². The minimum Gasteiger partial charge on any atom is -0.475 e. The molecule has 7 heteroatoms. The molecule has 0 bridgehead atoms. The fourth-order valence-electron chi connectivity index (χ4n) is 1.29. The summed E-state index contributed by atoms with van der Waals surface area (Å²) in [5.74, 6) is -1.50. The van der Waals surface area contributed by atoms with Crippen LogP contribution in [-0.2, 0) is 10.3 Å². The van der Waals surface area contributed by atoms with Crippen LogP contribution in [-0.4, -0.2) is 27.9 Å². The van der Waals surface area contributed by atoms with E-state index in [4.69, 9.17) is 9.84 Å². The Balaban J connectivity index is 2.79. The number of alkyl carbamates (subject to hydrolysis) is 1. The van der Waals surface area contributed by atoms with E-state index in [0.717, 1.165) is 0 Å². The van der Waals surface area contributed by atoms with Crippen molar-refractivity contribution in [3.63, 3.8) is 0 Å². The lowest BCUT2D eigenvalue weighted by Gasteiger charge is -2.26. The summed E-state index contributed by atoms with van der Waals surface area (Å²) in [6, 6.07) is 1.26. The number of aromatic nitrogens is 1. The maximum Gasteiger partial charge on any atom is 0.408 e. The first kappa shape index (κ1) is 15.0. The highest BCUT2D eigenvalue weighted by molar-refractivity contribution is 5.84. The summed E-state index contributed by atoms with van der Waals surface area (Å²) in [4.78, 5) is 22.4. The van der Waals surface area contributed by atoms with Crippen LogP contribution in [0.15, 0.2) is 10.6 Å². The lowest BCUT2D eigenvalue weighted by Crippen LogP contribution is -2.44. The lowest BCUT2D eigenvalue weighted by atomic mass is 10.0. The van der Waals surface area contributed by atoms with Gasteiger partial charge in [-0.15, -0.1) is 0 Å². The summed E-state index contributed by atoms with van der Waals surface area (Å²) in [6.45, 7) is 8.58. The van der Waals surface area contributed by atoms with Crippen molar-refractivity contribution in [2.75, 3.05) is 0 Å². The molecule has 106 valence electrons. The number of carbonyl (C=O) groups is 2. The van der Waals surface area contributed by atoms with Crippen molar-refractivity contribution in [2.45, 2.75) is 45.8 Å². The van der Waals surface area contributed by atoms with Gasteiger partial charge in [0.15, 0.2) is 0 Å². The Morgan fingerprint density at radius 2 is 1.89 bits per heavy atom. The third-order valence-electron chi connectivity index (χ3n) is 2.17. The molecule has 0 aliphatic heterocycles. The fraction of sp³-hybridized carbons (Fsp3) is 0.583. The molecule has 1 amide bonds. The van der Waals surface area contributed by atoms with Gasteiger partial charge in [-0.25, -0.2) is 9.59 Å². The molecule has 0 radical (unpaired) electrons. The molecule has 0 spiro atoms. The molecule has 0 aliphatic rings. The van der Waals surface area contributed by atoms with E-state index < -0.39 is 23.2 Å². The summed E-state index contributed by atoms with van der Waals surface area (Å²) < 4.78 is 9.78. The van der Waals surface area contributed by atoms with E-state index in [0.29, 0.717) is 5.69 Å². The van der Waals surface area contributed by atoms with Gasteiger partial charge in [0.05, 0.1) is 5.54 Å². The zero-order chi connectivity index (χ0) is 14.8. The van der Waals surface area contributed by atoms with E-state index in [2.05, 4.69) is 15.0 Å². The molecule has 0 unspecified atom stereocenters. The summed E-state index contributed by atoms with van der Waals surface area (Å²) >= 11 is 0. The van der Waals surface area contributed by atoms with Gasteiger partial charge in [0, 0.05) is 6.07 Å². The quantitative estimate of drug-likeness (QED) is 0.872. The Labute approximate surface area is 110 Å². The first-order valence-corrected chi connectivity index (χ1v) is 5.73. The second-order valence-electron chi connectivity index (χ2n) is 5.63. The monoisotopic (exact) mass is 270 g/mol. The molecule has 0 atom stereocenters. The van der Waals surface area contributed by atoms with Crippen LogP contribution in [0.3, 0.4) is 0 Å². The van der Waals surface area contributed by atoms with E-state index in [1.165, 1.54) is 6.07 Å². The van der Waals surface area contributed by atoms with E-state index in [1.54, 1.807) is 34.6 Å². The fourth-order valence-corrected chi connectivity index (χ4v) is 1.29. The van der Waals surface area contributed by atoms with E-state index in [9.17, 15) is 9.59 Å². The van der Waals surface area contributed by atoms with Crippen LogP contribution in [0.5, 0.6) is 0 Å². The average Bonchev–Trinajstić information content (AvgIpc) is 2.61. The summed E-state index contributed by atoms with van der Waals surface area (Å²) in [6.07, 6.45) is -0.614. The third-order valence-corrected chi connectivity index (χ3v) is 2.17. The van der Waals surface area contributed by atoms with Gasteiger partial charge in [-0.1, -0.05) is 5.16 Å². The molecule has 0 saturated carbocycles. The van der Waals surface area contributed by atoms with Crippen LogP contribution in [0.4, 0.5) is 4.79 Å². The standard InChI is InChI=1S/C12H18N2O5/c1-11(2,3)18-10(17)13-12(4,5)8-6-7(9(15)16)19-14-8/h6H,1-5H3,(H,13,17)(H,15,16). The van der Waals surface area contributed by atoms with Crippen molar-refractivity contribution in [3.8, 4) is 0 Å². The highest BCUT2D eigenvalue weighted by Crippen LogP contribution is 2.20. The predicted octanol–water partition coefficient (Wildman–Crippen LogP) is 2.13. The molecular formula is C12H18N2O5. The summed E-state index contributed by atoms with van der Waals surface area (Å²) in [5.41, 5.74) is -1.22. The van der Waals surface area contributed by atoms with Crippen molar-refractivity contribution >= 4 is 12.1 Å². The molecule has 1 heterocycles. The third kappa shape index (κ3) is 4.27. The molecule has 2 N–H and O–H groups in total. The normalized spacial score (nSPS) is 12.1. The molecule has 0 aromatic carbocycles. The first-order chi connectivity index (χ1) is 8.51. The molecule has 0 aliphatic carbocycles. The van der Waals surface area contributed by atoms with Crippen LogP contribution >= 0.6 is 0 Å². The Morgan fingerprint density at radius 3 is 2.32 bits per heavy atom. The number of nitrogens with zero attached hydrogens (tertiary/aromatic N) is 1. The van der Waals surface area contributed by atoms with Gasteiger partial charge in [0.2, 0.25) is 5.76 Å². The van der Waals surface area contributed by atoms with E-state index in [1.807, 2.05) is 0 Å². The number of ether oxygens (including phenoxy) is 1. The maximum absolute atomic E-state index is 11.7. The van der Waals surface area contributed by atoms with Gasteiger partial charge in [0.25, 0.3) is 0 Å². The minimum absolute atomic E-state index is 0.283. The van der Waals surface area contributed by atoms with Crippen molar-refractivity contribution < 1.29 is 24.0 Å². The van der Waals surface area contributed by atoms with Crippen molar-refractivity contribution in [2.24, 2.45) is 0 Å². The number of nitrogens with one attached hydrogen (secondary N) is 1. The van der Waals surface area contributed by atoms with Crippen LogP contribution in [0.1, 0.15) is 50.9 Å². The van der Waals surface area contributed by atoms with Gasteiger partial charge >= 0.3 is 12.1 Å². The molecule has 0 saturated heterocycles. The Kier molecular flexibility index (Phi) is 3.88. The minimum atomic E-state index is -1.22. The smallest absolute Gasteiger partial charge is 0.408 e. The lowest BCUT2D eigenvalue weighted by molar-refractivity contribution is 0.0465. The molecule has 7 nitrogen and oxygen atoms in total. The van der Waals surface area contributed by atoms with Crippen molar-refractivity contribution in [3.05, 3.63) is 17.5 Å². The SMILES string of the molecule is CC(C)(C)OC(=O)NC(C)(C)c1cc(C(=O)O)on1. The van der Waals surface area contributed by atoms with Crippen LogP contribution in [0.2, 0.25) is 0 Å². The van der Waals surface area contributed by atoms with Crippen LogP contribution < -0.4 is 5.32 Å². The summed E-state index contributed by atoms with van der Waals surface area (Å²) in [5, 5.41) is 15.0. The predicted molar refractivity (Wildman–Crippen MR) is 65.9 cm³/mol. The van der Waals surface area contributed by atoms with Crippen LogP contribution in [0.25, 0.3) is 0 Å². The van der Waals surface area contributed by atoms with Gasteiger partial charge < -0.3 is 19.7 Å². The van der Waals surface area contributed by atoms with Gasteiger partial charge in [-0.3, -0.25) is 0 Å². The number of rotatable bonds is 3.